The number of urea groups is 1. The third-order valence-corrected chi connectivity index (χ3v) is 3.39. The molecule has 0 spiro atoms. The Bertz CT molecular complexity index is 305. The largest absolute Gasteiger partial charge is 0.481 e. The monoisotopic (exact) mass is 272 g/mol. The van der Waals surface area contributed by atoms with E-state index in [1.807, 2.05) is 0 Å². The highest BCUT2D eigenvalue weighted by Crippen LogP contribution is 2.26. The van der Waals surface area contributed by atoms with Crippen molar-refractivity contribution < 1.29 is 19.4 Å². The molecule has 0 aromatic carbocycles. The van der Waals surface area contributed by atoms with Crippen molar-refractivity contribution in [3.8, 4) is 0 Å². The van der Waals surface area contributed by atoms with Crippen molar-refractivity contribution in [3.63, 3.8) is 0 Å². The maximum absolute atomic E-state index is 11.8. The molecule has 1 unspecified atom stereocenters. The maximum Gasteiger partial charge on any atom is 0.317 e. The Balaban J connectivity index is 2.26. The van der Waals surface area contributed by atoms with Crippen LogP contribution in [0.25, 0.3) is 0 Å². The van der Waals surface area contributed by atoms with Gasteiger partial charge in [-0.15, -0.1) is 0 Å². The maximum atomic E-state index is 11.8. The molecule has 2 N–H and O–H groups in total. The van der Waals surface area contributed by atoms with Gasteiger partial charge in [0.2, 0.25) is 0 Å². The predicted octanol–water partition coefficient (Wildman–Crippen LogP) is 1.31. The van der Waals surface area contributed by atoms with Crippen LogP contribution in [0.3, 0.4) is 0 Å². The van der Waals surface area contributed by atoms with E-state index in [-0.39, 0.29) is 19.0 Å². The fourth-order valence-electron chi connectivity index (χ4n) is 2.10. The molecule has 0 heterocycles. The number of aliphatic carboxylic acids is 1. The molecular formula is C13H24N2O4. The number of carboxylic acid groups (broad SMARTS) is 1. The molecule has 1 rings (SSSR count). The van der Waals surface area contributed by atoms with Crippen molar-refractivity contribution in [2.24, 2.45) is 5.92 Å². The summed E-state index contributed by atoms with van der Waals surface area (Å²) in [5, 5.41) is 11.5. The summed E-state index contributed by atoms with van der Waals surface area (Å²) in [7, 11) is 1.76. The van der Waals surface area contributed by atoms with Gasteiger partial charge in [0.1, 0.15) is 0 Å². The fraction of sp³-hybridized carbons (Fsp3) is 0.846. The Kier molecular flexibility index (Phi) is 6.62. The molecule has 0 aliphatic heterocycles. The second kappa shape index (κ2) is 7.99. The second-order valence-electron chi connectivity index (χ2n) is 5.04. The normalized spacial score (nSPS) is 16.5. The molecule has 19 heavy (non-hydrogen) atoms. The van der Waals surface area contributed by atoms with Gasteiger partial charge in [-0.3, -0.25) is 4.79 Å². The molecule has 1 saturated carbocycles. The van der Waals surface area contributed by atoms with Crippen LogP contribution in [-0.4, -0.2) is 54.9 Å². The van der Waals surface area contributed by atoms with E-state index in [0.29, 0.717) is 12.5 Å². The van der Waals surface area contributed by atoms with Crippen molar-refractivity contribution in [1.29, 1.82) is 0 Å². The van der Waals surface area contributed by atoms with Gasteiger partial charge < -0.3 is 20.1 Å². The standard InChI is InChI=1S/C13H24N2O4/c1-3-19-11(7-12(16)17)8-14-13(18)15(2)9-10-5-4-6-10/h10-11H,3-9H2,1-2H3,(H,14,18)(H,16,17). The Morgan fingerprint density at radius 1 is 1.47 bits per heavy atom. The summed E-state index contributed by atoms with van der Waals surface area (Å²) >= 11 is 0. The number of nitrogens with one attached hydrogen (secondary N) is 1. The Hall–Kier alpha value is -1.30. The molecule has 0 saturated heterocycles. The van der Waals surface area contributed by atoms with Crippen LogP contribution in [0, 0.1) is 5.92 Å². The number of nitrogens with zero attached hydrogens (tertiary/aromatic N) is 1. The van der Waals surface area contributed by atoms with E-state index in [9.17, 15) is 9.59 Å². The lowest BCUT2D eigenvalue weighted by atomic mass is 9.85. The summed E-state index contributed by atoms with van der Waals surface area (Å²) in [6.45, 7) is 3.24. The van der Waals surface area contributed by atoms with Gasteiger partial charge in [-0.25, -0.2) is 4.79 Å². The lowest BCUT2D eigenvalue weighted by Crippen LogP contribution is -2.44. The molecule has 1 aliphatic rings. The average molecular weight is 272 g/mol. The molecule has 0 radical (unpaired) electrons. The topological polar surface area (TPSA) is 78.9 Å². The average Bonchev–Trinajstić information content (AvgIpc) is 2.29. The smallest absolute Gasteiger partial charge is 0.317 e. The summed E-state index contributed by atoms with van der Waals surface area (Å²) in [6, 6.07) is -0.165. The van der Waals surface area contributed by atoms with Crippen molar-refractivity contribution in [3.05, 3.63) is 0 Å². The summed E-state index contributed by atoms with van der Waals surface area (Å²) < 4.78 is 5.28. The van der Waals surface area contributed by atoms with Crippen molar-refractivity contribution in [2.75, 3.05) is 26.7 Å². The van der Waals surface area contributed by atoms with Gasteiger partial charge >= 0.3 is 12.0 Å². The fourth-order valence-corrected chi connectivity index (χ4v) is 2.10. The number of ether oxygens (including phenoxy) is 1. The molecule has 1 aliphatic carbocycles. The number of carbonyl (C=O) groups is 2. The lowest BCUT2D eigenvalue weighted by molar-refractivity contribution is -0.140. The third kappa shape index (κ3) is 5.92. The molecule has 2 amide bonds. The van der Waals surface area contributed by atoms with Crippen LogP contribution in [0.4, 0.5) is 4.79 Å². The zero-order valence-electron chi connectivity index (χ0n) is 11.7. The highest BCUT2D eigenvalue weighted by Gasteiger charge is 2.22. The van der Waals surface area contributed by atoms with Crippen LogP contribution in [0.5, 0.6) is 0 Å². The minimum atomic E-state index is -0.921. The highest BCUT2D eigenvalue weighted by molar-refractivity contribution is 5.74. The van der Waals surface area contributed by atoms with Gasteiger partial charge in [0.05, 0.1) is 12.5 Å². The highest BCUT2D eigenvalue weighted by atomic mass is 16.5. The van der Waals surface area contributed by atoms with Crippen molar-refractivity contribution in [1.82, 2.24) is 10.2 Å². The zero-order valence-corrected chi connectivity index (χ0v) is 11.7. The van der Waals surface area contributed by atoms with Crippen molar-refractivity contribution >= 4 is 12.0 Å². The Labute approximate surface area is 114 Å². The number of hydrogen-bond acceptors (Lipinski definition) is 3. The second-order valence-corrected chi connectivity index (χ2v) is 5.04. The molecule has 6 heteroatoms. The molecule has 1 fully saturated rings. The molecule has 0 aromatic rings. The number of rotatable bonds is 8. The van der Waals surface area contributed by atoms with E-state index in [1.165, 1.54) is 19.3 Å². The first-order valence-electron chi connectivity index (χ1n) is 6.85. The lowest BCUT2D eigenvalue weighted by Gasteiger charge is -2.30. The van der Waals surface area contributed by atoms with E-state index < -0.39 is 12.1 Å². The van der Waals surface area contributed by atoms with E-state index in [4.69, 9.17) is 9.84 Å². The first-order chi connectivity index (χ1) is 9.02. The third-order valence-electron chi connectivity index (χ3n) is 3.39. The SMILES string of the molecule is CCOC(CNC(=O)N(C)CC1CCC1)CC(=O)O. The summed E-state index contributed by atoms with van der Waals surface area (Å²) in [5.74, 6) is -0.298. The van der Waals surface area contributed by atoms with Crippen LogP contribution >= 0.6 is 0 Å². The van der Waals surface area contributed by atoms with Crippen molar-refractivity contribution in [2.45, 2.75) is 38.7 Å². The van der Waals surface area contributed by atoms with Crippen LogP contribution in [0.1, 0.15) is 32.6 Å². The summed E-state index contributed by atoms with van der Waals surface area (Å²) in [4.78, 5) is 24.1. The van der Waals surface area contributed by atoms with Gasteiger partial charge in [0, 0.05) is 26.7 Å². The first kappa shape index (κ1) is 15.8. The minimum absolute atomic E-state index is 0.0968. The van der Waals surface area contributed by atoms with Crippen LogP contribution in [0.15, 0.2) is 0 Å². The number of hydrogen-bond donors (Lipinski definition) is 2. The summed E-state index contributed by atoms with van der Waals surface area (Å²) in [5.41, 5.74) is 0. The van der Waals surface area contributed by atoms with Crippen LogP contribution < -0.4 is 5.32 Å². The first-order valence-corrected chi connectivity index (χ1v) is 6.85. The summed E-state index contributed by atoms with van der Waals surface area (Å²) in [6.07, 6.45) is 3.07. The molecule has 6 nitrogen and oxygen atoms in total. The quantitative estimate of drug-likeness (QED) is 0.698. The molecule has 0 bridgehead atoms. The molecule has 1 atom stereocenters. The van der Waals surface area contributed by atoms with E-state index >= 15 is 0 Å². The zero-order chi connectivity index (χ0) is 14.3. The van der Waals surface area contributed by atoms with E-state index in [0.717, 1.165) is 6.54 Å². The number of amides is 2. The predicted molar refractivity (Wildman–Crippen MR) is 71.0 cm³/mol. The van der Waals surface area contributed by atoms with Gasteiger partial charge in [-0.2, -0.15) is 0 Å². The van der Waals surface area contributed by atoms with Crippen LogP contribution in [0.2, 0.25) is 0 Å². The molecule has 0 aromatic heterocycles. The number of carbonyl (C=O) groups excluding carboxylic acids is 1. The van der Waals surface area contributed by atoms with Gasteiger partial charge in [0.15, 0.2) is 0 Å². The molecule has 110 valence electrons. The Morgan fingerprint density at radius 2 is 2.16 bits per heavy atom. The van der Waals surface area contributed by atoms with Gasteiger partial charge in [-0.1, -0.05) is 6.42 Å². The van der Waals surface area contributed by atoms with Gasteiger partial charge in [-0.05, 0) is 25.7 Å². The van der Waals surface area contributed by atoms with E-state index in [2.05, 4.69) is 5.32 Å². The minimum Gasteiger partial charge on any atom is -0.481 e. The number of carboxylic acids is 1. The van der Waals surface area contributed by atoms with Crippen LogP contribution in [-0.2, 0) is 9.53 Å². The van der Waals surface area contributed by atoms with E-state index in [1.54, 1.807) is 18.9 Å². The van der Waals surface area contributed by atoms with Gasteiger partial charge in [0.25, 0.3) is 0 Å². The Morgan fingerprint density at radius 3 is 2.63 bits per heavy atom. The molecular weight excluding hydrogens is 248 g/mol.